The number of carboxylic acids is 1. The van der Waals surface area contributed by atoms with Gasteiger partial charge in [-0.1, -0.05) is 11.8 Å². The molecule has 136 valence electrons. The van der Waals surface area contributed by atoms with Crippen LogP contribution in [0.25, 0.3) is 0 Å². The molecule has 2 aliphatic heterocycles. The van der Waals surface area contributed by atoms with Crippen molar-refractivity contribution in [2.75, 3.05) is 32.8 Å². The van der Waals surface area contributed by atoms with Gasteiger partial charge in [0.1, 0.15) is 6.61 Å². The maximum atomic E-state index is 11.1. The number of thiophene rings is 1. The molecule has 3 heterocycles. The summed E-state index contributed by atoms with van der Waals surface area (Å²) < 4.78 is 0. The molecule has 3 rings (SSSR count). The van der Waals surface area contributed by atoms with Crippen molar-refractivity contribution in [2.45, 2.75) is 38.3 Å². The third kappa shape index (κ3) is 5.05. The smallest absolute Gasteiger partial charge is 0.306 e. The predicted octanol–water partition coefficient (Wildman–Crippen LogP) is 1.85. The maximum absolute atomic E-state index is 11.1. The van der Waals surface area contributed by atoms with Gasteiger partial charge in [-0.2, -0.15) is 0 Å². The van der Waals surface area contributed by atoms with Crippen molar-refractivity contribution >= 4 is 17.3 Å². The van der Waals surface area contributed by atoms with E-state index in [2.05, 4.69) is 27.7 Å². The first-order valence-electron chi connectivity index (χ1n) is 9.03. The van der Waals surface area contributed by atoms with Gasteiger partial charge in [-0.25, -0.2) is 0 Å². The maximum Gasteiger partial charge on any atom is 0.306 e. The van der Waals surface area contributed by atoms with Gasteiger partial charge in [0.15, 0.2) is 0 Å². The fraction of sp³-hybridized carbons (Fsp3) is 0.632. The lowest BCUT2D eigenvalue weighted by atomic mass is 9.93. The minimum absolute atomic E-state index is 0.0928. The topological polar surface area (TPSA) is 64.0 Å². The first-order chi connectivity index (χ1) is 12.2. The highest BCUT2D eigenvalue weighted by Gasteiger charge is 2.30. The quantitative estimate of drug-likeness (QED) is 0.801. The number of rotatable bonds is 4. The third-order valence-electron chi connectivity index (χ3n) is 5.28. The van der Waals surface area contributed by atoms with E-state index in [-0.39, 0.29) is 12.5 Å². The summed E-state index contributed by atoms with van der Waals surface area (Å²) in [5.74, 6) is 4.89. The van der Waals surface area contributed by atoms with Crippen LogP contribution in [-0.2, 0) is 11.3 Å². The summed E-state index contributed by atoms with van der Waals surface area (Å²) in [6.45, 7) is 4.93. The zero-order valence-electron chi connectivity index (χ0n) is 14.5. The van der Waals surface area contributed by atoms with Crippen molar-refractivity contribution in [3.63, 3.8) is 0 Å². The van der Waals surface area contributed by atoms with Gasteiger partial charge in [0, 0.05) is 30.6 Å². The summed E-state index contributed by atoms with van der Waals surface area (Å²) in [7, 11) is 0. The van der Waals surface area contributed by atoms with E-state index in [4.69, 9.17) is 10.2 Å². The fourth-order valence-electron chi connectivity index (χ4n) is 3.83. The monoisotopic (exact) mass is 362 g/mol. The molecule has 0 radical (unpaired) electrons. The van der Waals surface area contributed by atoms with E-state index in [1.54, 1.807) is 11.3 Å². The van der Waals surface area contributed by atoms with Crippen LogP contribution in [-0.4, -0.2) is 64.8 Å². The molecular weight excluding hydrogens is 336 g/mol. The standard InChI is InChI=1S/C19H26N2O3S/c22-13-1-2-17-3-4-18(25-17)14-20-9-7-16(8-10-20)21-11-5-15(6-12-21)19(23)24/h3-4,15-16,22H,5-14H2,(H,23,24). The zero-order valence-corrected chi connectivity index (χ0v) is 15.3. The Kier molecular flexibility index (Phi) is 6.49. The molecule has 5 nitrogen and oxygen atoms in total. The van der Waals surface area contributed by atoms with Crippen LogP contribution >= 0.6 is 11.3 Å². The molecule has 0 atom stereocenters. The van der Waals surface area contributed by atoms with E-state index in [1.165, 1.54) is 17.7 Å². The molecule has 2 aliphatic rings. The Morgan fingerprint density at radius 3 is 2.52 bits per heavy atom. The van der Waals surface area contributed by atoms with Crippen molar-refractivity contribution in [3.8, 4) is 11.8 Å². The molecule has 0 aromatic carbocycles. The van der Waals surface area contributed by atoms with Crippen LogP contribution < -0.4 is 0 Å². The summed E-state index contributed by atoms with van der Waals surface area (Å²) >= 11 is 1.71. The third-order valence-corrected chi connectivity index (χ3v) is 6.27. The van der Waals surface area contributed by atoms with Crippen LogP contribution in [0.3, 0.4) is 0 Å². The van der Waals surface area contributed by atoms with E-state index < -0.39 is 5.97 Å². The second-order valence-corrected chi connectivity index (χ2v) is 8.05. The van der Waals surface area contributed by atoms with Crippen LogP contribution in [0, 0.1) is 17.8 Å². The Hall–Kier alpha value is -1.39. The summed E-state index contributed by atoms with van der Waals surface area (Å²) in [6, 6.07) is 4.77. The number of aliphatic carboxylic acids is 1. The Morgan fingerprint density at radius 1 is 1.16 bits per heavy atom. The van der Waals surface area contributed by atoms with E-state index in [9.17, 15) is 4.79 Å². The number of hydrogen-bond acceptors (Lipinski definition) is 5. The van der Waals surface area contributed by atoms with Gasteiger partial charge in [-0.3, -0.25) is 9.69 Å². The minimum Gasteiger partial charge on any atom is -0.481 e. The molecular formula is C19H26N2O3S. The summed E-state index contributed by atoms with van der Waals surface area (Å²) in [5.41, 5.74) is 0. The van der Waals surface area contributed by atoms with E-state index in [0.29, 0.717) is 6.04 Å². The highest BCUT2D eigenvalue weighted by molar-refractivity contribution is 7.12. The molecule has 0 saturated carbocycles. The van der Waals surface area contributed by atoms with Crippen molar-refractivity contribution in [3.05, 3.63) is 21.9 Å². The highest BCUT2D eigenvalue weighted by atomic mass is 32.1. The summed E-state index contributed by atoms with van der Waals surface area (Å²) in [5, 5.41) is 17.9. The Bertz CT molecular complexity index is 633. The minimum atomic E-state index is -0.631. The average Bonchev–Trinajstić information content (AvgIpc) is 3.08. The number of likely N-dealkylation sites (tertiary alicyclic amines) is 2. The van der Waals surface area contributed by atoms with E-state index in [1.807, 2.05) is 6.07 Å². The molecule has 0 aliphatic carbocycles. The van der Waals surface area contributed by atoms with Crippen molar-refractivity contribution in [2.24, 2.45) is 5.92 Å². The molecule has 1 aromatic rings. The largest absolute Gasteiger partial charge is 0.481 e. The van der Waals surface area contributed by atoms with E-state index in [0.717, 1.165) is 50.4 Å². The Balaban J connectivity index is 1.43. The SMILES string of the molecule is O=C(O)C1CCN(C2CCN(Cc3ccc(C#CCO)s3)CC2)CC1. The van der Waals surface area contributed by atoms with Crippen LogP contribution in [0.2, 0.25) is 0 Å². The molecule has 2 N–H and O–H groups in total. The van der Waals surface area contributed by atoms with Gasteiger partial charge in [-0.05, 0) is 50.9 Å². The first-order valence-corrected chi connectivity index (χ1v) is 9.85. The lowest BCUT2D eigenvalue weighted by Crippen LogP contribution is -2.48. The molecule has 2 fully saturated rings. The number of hydrogen-bond donors (Lipinski definition) is 2. The second kappa shape index (κ2) is 8.81. The van der Waals surface area contributed by atoms with Crippen molar-refractivity contribution in [1.29, 1.82) is 0 Å². The van der Waals surface area contributed by atoms with Crippen LogP contribution in [0.4, 0.5) is 0 Å². The van der Waals surface area contributed by atoms with Crippen LogP contribution in [0.5, 0.6) is 0 Å². The Labute approximate surface area is 153 Å². The number of nitrogens with zero attached hydrogens (tertiary/aromatic N) is 2. The van der Waals surface area contributed by atoms with E-state index >= 15 is 0 Å². The number of piperidine rings is 2. The van der Waals surface area contributed by atoms with Gasteiger partial charge in [0.2, 0.25) is 0 Å². The number of aliphatic hydroxyl groups is 1. The lowest BCUT2D eigenvalue weighted by Gasteiger charge is -2.41. The molecule has 0 amide bonds. The molecule has 0 unspecified atom stereocenters. The van der Waals surface area contributed by atoms with Crippen LogP contribution in [0.15, 0.2) is 12.1 Å². The van der Waals surface area contributed by atoms with Gasteiger partial charge in [-0.15, -0.1) is 11.3 Å². The zero-order chi connectivity index (χ0) is 17.6. The fourth-order valence-corrected chi connectivity index (χ4v) is 4.76. The van der Waals surface area contributed by atoms with Crippen molar-refractivity contribution < 1.29 is 15.0 Å². The Morgan fingerprint density at radius 2 is 1.88 bits per heavy atom. The summed E-state index contributed by atoms with van der Waals surface area (Å²) in [6.07, 6.45) is 3.92. The molecule has 0 bridgehead atoms. The lowest BCUT2D eigenvalue weighted by molar-refractivity contribution is -0.143. The normalized spacial score (nSPS) is 21.0. The first kappa shape index (κ1) is 18.4. The van der Waals surface area contributed by atoms with Gasteiger partial charge >= 0.3 is 5.97 Å². The van der Waals surface area contributed by atoms with Gasteiger partial charge in [0.25, 0.3) is 0 Å². The molecule has 6 heteroatoms. The number of carbonyl (C=O) groups is 1. The van der Waals surface area contributed by atoms with Crippen molar-refractivity contribution in [1.82, 2.24) is 9.80 Å². The molecule has 1 aromatic heterocycles. The number of carboxylic acid groups (broad SMARTS) is 1. The highest BCUT2D eigenvalue weighted by Crippen LogP contribution is 2.25. The van der Waals surface area contributed by atoms with Gasteiger partial charge < -0.3 is 15.1 Å². The molecule has 2 saturated heterocycles. The van der Waals surface area contributed by atoms with Gasteiger partial charge in [0.05, 0.1) is 10.8 Å². The summed E-state index contributed by atoms with van der Waals surface area (Å²) in [4.78, 5) is 18.4. The average molecular weight is 362 g/mol. The second-order valence-electron chi connectivity index (χ2n) is 6.88. The predicted molar refractivity (Wildman–Crippen MR) is 98.5 cm³/mol. The molecule has 0 spiro atoms. The number of aliphatic hydroxyl groups excluding tert-OH is 1. The van der Waals surface area contributed by atoms with Crippen LogP contribution in [0.1, 0.15) is 35.4 Å². The molecule has 25 heavy (non-hydrogen) atoms.